The van der Waals surface area contributed by atoms with Crippen LogP contribution in [0.2, 0.25) is 0 Å². The van der Waals surface area contributed by atoms with Crippen LogP contribution in [0.5, 0.6) is 0 Å². The fraction of sp³-hybridized carbons (Fsp3) is 0.368. The van der Waals surface area contributed by atoms with E-state index in [-0.39, 0.29) is 0 Å². The van der Waals surface area contributed by atoms with Gasteiger partial charge in [0.2, 0.25) is 0 Å². The van der Waals surface area contributed by atoms with Crippen molar-refractivity contribution in [2.24, 2.45) is 0 Å². The highest BCUT2D eigenvalue weighted by Crippen LogP contribution is 2.38. The van der Waals surface area contributed by atoms with E-state index in [0.717, 1.165) is 13.0 Å². The van der Waals surface area contributed by atoms with Crippen molar-refractivity contribution in [1.82, 2.24) is 5.32 Å². The number of hydrogen-bond donors (Lipinski definition) is 1. The van der Waals surface area contributed by atoms with Crippen LogP contribution in [0, 0.1) is 6.92 Å². The number of fused-ring (bicyclic) bond motifs is 1. The summed E-state index contributed by atoms with van der Waals surface area (Å²) in [5, 5.41) is 4.35. The lowest BCUT2D eigenvalue weighted by molar-refractivity contribution is 0.506. The summed E-state index contributed by atoms with van der Waals surface area (Å²) in [5.74, 6) is 0. The van der Waals surface area contributed by atoms with Crippen molar-refractivity contribution in [3.63, 3.8) is 0 Å². The molecule has 0 aliphatic carbocycles. The SMILES string of the molecule is CCNC(Cc1cccc(C)c1)C1Cc2ccccc2S1. The van der Waals surface area contributed by atoms with Crippen molar-refractivity contribution < 1.29 is 0 Å². The van der Waals surface area contributed by atoms with E-state index in [0.29, 0.717) is 11.3 Å². The molecule has 2 heteroatoms. The van der Waals surface area contributed by atoms with Crippen LogP contribution in [0.25, 0.3) is 0 Å². The normalized spacial score (nSPS) is 18.5. The number of aryl methyl sites for hydroxylation is 1. The highest BCUT2D eigenvalue weighted by molar-refractivity contribution is 8.00. The van der Waals surface area contributed by atoms with Crippen molar-refractivity contribution in [3.8, 4) is 0 Å². The molecule has 0 spiro atoms. The molecule has 2 aromatic rings. The molecule has 0 bridgehead atoms. The Bertz CT molecular complexity index is 583. The molecule has 1 nitrogen and oxygen atoms in total. The quantitative estimate of drug-likeness (QED) is 0.886. The molecular formula is C19H23NS. The molecule has 1 aliphatic heterocycles. The number of likely N-dealkylation sites (N-methyl/N-ethyl adjacent to an activating group) is 1. The van der Waals surface area contributed by atoms with Crippen LogP contribution in [-0.4, -0.2) is 17.8 Å². The number of rotatable bonds is 5. The van der Waals surface area contributed by atoms with E-state index in [9.17, 15) is 0 Å². The second kappa shape index (κ2) is 6.67. The molecule has 1 heterocycles. The van der Waals surface area contributed by atoms with Crippen molar-refractivity contribution >= 4 is 11.8 Å². The Morgan fingerprint density at radius 3 is 2.81 bits per heavy atom. The average Bonchev–Trinajstić information content (AvgIpc) is 2.91. The van der Waals surface area contributed by atoms with Crippen LogP contribution in [0.3, 0.4) is 0 Å². The van der Waals surface area contributed by atoms with Gasteiger partial charge < -0.3 is 5.32 Å². The first-order valence-electron chi connectivity index (χ1n) is 7.79. The molecule has 0 saturated carbocycles. The summed E-state index contributed by atoms with van der Waals surface area (Å²) in [6, 6.07) is 18.3. The molecule has 0 radical (unpaired) electrons. The van der Waals surface area contributed by atoms with Gasteiger partial charge in [-0.15, -0.1) is 11.8 Å². The zero-order chi connectivity index (χ0) is 14.7. The summed E-state index contributed by atoms with van der Waals surface area (Å²) in [6.07, 6.45) is 2.30. The predicted octanol–water partition coefficient (Wildman–Crippen LogP) is 4.23. The summed E-state index contributed by atoms with van der Waals surface area (Å²) in [4.78, 5) is 1.47. The summed E-state index contributed by atoms with van der Waals surface area (Å²) in [5.41, 5.74) is 4.31. The Hall–Kier alpha value is -1.25. The largest absolute Gasteiger partial charge is 0.313 e. The van der Waals surface area contributed by atoms with Crippen LogP contribution in [-0.2, 0) is 12.8 Å². The van der Waals surface area contributed by atoms with E-state index in [1.54, 1.807) is 0 Å². The minimum atomic E-state index is 0.536. The predicted molar refractivity (Wildman–Crippen MR) is 92.1 cm³/mol. The maximum absolute atomic E-state index is 3.71. The molecule has 1 N–H and O–H groups in total. The number of benzene rings is 2. The summed E-state index contributed by atoms with van der Waals surface area (Å²) >= 11 is 2.05. The van der Waals surface area contributed by atoms with E-state index in [2.05, 4.69) is 67.7 Å². The first-order valence-corrected chi connectivity index (χ1v) is 8.67. The van der Waals surface area contributed by atoms with Gasteiger partial charge in [0, 0.05) is 16.2 Å². The molecule has 2 unspecified atom stereocenters. The van der Waals surface area contributed by atoms with Gasteiger partial charge in [-0.2, -0.15) is 0 Å². The van der Waals surface area contributed by atoms with E-state index in [1.165, 1.54) is 28.0 Å². The molecule has 0 fully saturated rings. The average molecular weight is 297 g/mol. The third-order valence-corrected chi connectivity index (χ3v) is 5.58. The van der Waals surface area contributed by atoms with Gasteiger partial charge in [0.25, 0.3) is 0 Å². The molecule has 2 aromatic carbocycles. The third-order valence-electron chi connectivity index (χ3n) is 4.13. The van der Waals surface area contributed by atoms with Gasteiger partial charge >= 0.3 is 0 Å². The second-order valence-corrected chi connectivity index (χ2v) is 7.11. The van der Waals surface area contributed by atoms with Crippen molar-refractivity contribution in [1.29, 1.82) is 0 Å². The Morgan fingerprint density at radius 2 is 2.05 bits per heavy atom. The summed E-state index contributed by atoms with van der Waals surface area (Å²) in [6.45, 7) is 5.41. The lowest BCUT2D eigenvalue weighted by Gasteiger charge is -2.24. The minimum absolute atomic E-state index is 0.536. The first-order chi connectivity index (χ1) is 10.3. The van der Waals surface area contributed by atoms with Gasteiger partial charge in [0.1, 0.15) is 0 Å². The molecular weight excluding hydrogens is 274 g/mol. The van der Waals surface area contributed by atoms with Crippen LogP contribution < -0.4 is 5.32 Å². The fourth-order valence-corrected chi connectivity index (χ4v) is 4.53. The van der Waals surface area contributed by atoms with Gasteiger partial charge in [-0.25, -0.2) is 0 Å². The van der Waals surface area contributed by atoms with Gasteiger partial charge in [0.05, 0.1) is 0 Å². The summed E-state index contributed by atoms with van der Waals surface area (Å²) in [7, 11) is 0. The number of thioether (sulfide) groups is 1. The van der Waals surface area contributed by atoms with Gasteiger partial charge in [-0.05, 0) is 43.5 Å². The second-order valence-electron chi connectivity index (χ2n) is 5.83. The molecule has 21 heavy (non-hydrogen) atoms. The lowest BCUT2D eigenvalue weighted by Crippen LogP contribution is -2.39. The minimum Gasteiger partial charge on any atom is -0.313 e. The van der Waals surface area contributed by atoms with Crippen LogP contribution in [0.15, 0.2) is 53.4 Å². The monoisotopic (exact) mass is 297 g/mol. The lowest BCUT2D eigenvalue weighted by atomic mass is 9.98. The highest BCUT2D eigenvalue weighted by atomic mass is 32.2. The van der Waals surface area contributed by atoms with Crippen molar-refractivity contribution in [2.75, 3.05) is 6.54 Å². The van der Waals surface area contributed by atoms with Crippen LogP contribution in [0.1, 0.15) is 23.6 Å². The fourth-order valence-electron chi connectivity index (χ4n) is 3.12. The maximum atomic E-state index is 3.71. The van der Waals surface area contributed by atoms with Crippen LogP contribution >= 0.6 is 11.8 Å². The molecule has 110 valence electrons. The smallest absolute Gasteiger partial charge is 0.0292 e. The Kier molecular flexibility index (Phi) is 4.67. The Labute approximate surface area is 132 Å². The molecule has 0 saturated heterocycles. The maximum Gasteiger partial charge on any atom is 0.0292 e. The topological polar surface area (TPSA) is 12.0 Å². The molecule has 1 aliphatic rings. The summed E-state index contributed by atoms with van der Waals surface area (Å²) < 4.78 is 0. The zero-order valence-electron chi connectivity index (χ0n) is 12.8. The molecule has 2 atom stereocenters. The van der Waals surface area contributed by atoms with Crippen LogP contribution in [0.4, 0.5) is 0 Å². The zero-order valence-corrected chi connectivity index (χ0v) is 13.6. The van der Waals surface area contributed by atoms with Gasteiger partial charge in [0.15, 0.2) is 0 Å². The Balaban J connectivity index is 1.74. The Morgan fingerprint density at radius 1 is 1.19 bits per heavy atom. The van der Waals surface area contributed by atoms with Gasteiger partial charge in [-0.3, -0.25) is 0 Å². The van der Waals surface area contributed by atoms with E-state index in [4.69, 9.17) is 0 Å². The highest BCUT2D eigenvalue weighted by Gasteiger charge is 2.28. The van der Waals surface area contributed by atoms with Gasteiger partial charge in [-0.1, -0.05) is 55.0 Å². The molecule has 0 aromatic heterocycles. The number of nitrogens with one attached hydrogen (secondary N) is 1. The third kappa shape index (κ3) is 3.50. The van der Waals surface area contributed by atoms with E-state index >= 15 is 0 Å². The number of hydrogen-bond acceptors (Lipinski definition) is 2. The molecule has 0 amide bonds. The van der Waals surface area contributed by atoms with E-state index in [1.807, 2.05) is 11.8 Å². The van der Waals surface area contributed by atoms with E-state index < -0.39 is 0 Å². The standard InChI is InChI=1S/C19H23NS/c1-3-20-17(12-15-8-6-7-14(2)11-15)19-13-16-9-4-5-10-18(16)21-19/h4-11,17,19-20H,3,12-13H2,1-2H3. The van der Waals surface area contributed by atoms with Crippen molar-refractivity contribution in [3.05, 3.63) is 65.2 Å². The molecule has 3 rings (SSSR count). The first kappa shape index (κ1) is 14.7. The van der Waals surface area contributed by atoms with Crippen molar-refractivity contribution in [2.45, 2.75) is 42.9 Å².